The van der Waals surface area contributed by atoms with Gasteiger partial charge in [0, 0.05) is 25.3 Å². The van der Waals surface area contributed by atoms with E-state index in [9.17, 15) is 0 Å². The van der Waals surface area contributed by atoms with E-state index >= 15 is 0 Å². The molecular weight excluding hydrogens is 184 g/mol. The molecule has 1 rings (SSSR count). The Kier molecular flexibility index (Phi) is 4.63. The maximum Gasteiger partial charge on any atom is 0.0411 e. The number of nitrogens with zero attached hydrogens (tertiary/aromatic N) is 1. The Morgan fingerprint density at radius 3 is 2.40 bits per heavy atom. The van der Waals surface area contributed by atoms with Crippen LogP contribution >= 0.6 is 0 Å². The Labute approximate surface area is 93.3 Å². The summed E-state index contributed by atoms with van der Waals surface area (Å²) in [6.45, 7) is 9.62. The van der Waals surface area contributed by atoms with Gasteiger partial charge in [-0.05, 0) is 39.4 Å². The molecule has 0 aromatic heterocycles. The summed E-state index contributed by atoms with van der Waals surface area (Å²) in [6.07, 6.45) is 0. The molecule has 0 fully saturated rings. The Morgan fingerprint density at radius 1 is 1.20 bits per heavy atom. The van der Waals surface area contributed by atoms with Gasteiger partial charge in [-0.2, -0.15) is 0 Å². The highest BCUT2D eigenvalue weighted by Gasteiger charge is 2.07. The highest BCUT2D eigenvalue weighted by atomic mass is 15.1. The van der Waals surface area contributed by atoms with Gasteiger partial charge >= 0.3 is 0 Å². The van der Waals surface area contributed by atoms with Crippen LogP contribution in [0.25, 0.3) is 0 Å². The lowest BCUT2D eigenvalue weighted by Crippen LogP contribution is -2.24. The minimum atomic E-state index is 0.938. The molecule has 84 valence electrons. The second kappa shape index (κ2) is 5.76. The van der Waals surface area contributed by atoms with Crippen LogP contribution in [0.1, 0.15) is 25.0 Å². The van der Waals surface area contributed by atoms with E-state index in [1.807, 2.05) is 7.05 Å². The lowest BCUT2D eigenvalue weighted by molar-refractivity contribution is 0.795. The molecule has 0 saturated carbocycles. The van der Waals surface area contributed by atoms with Gasteiger partial charge in [-0.3, -0.25) is 0 Å². The summed E-state index contributed by atoms with van der Waals surface area (Å²) in [5.41, 5.74) is 4.08. The van der Waals surface area contributed by atoms with Crippen LogP contribution < -0.4 is 10.2 Å². The molecule has 15 heavy (non-hydrogen) atoms. The van der Waals surface area contributed by atoms with Gasteiger partial charge in [0.15, 0.2) is 0 Å². The van der Waals surface area contributed by atoms with Gasteiger partial charge in [0.25, 0.3) is 0 Å². The van der Waals surface area contributed by atoms with Crippen molar-refractivity contribution in [2.45, 2.75) is 27.3 Å². The average Bonchev–Trinajstić information content (AvgIpc) is 2.23. The first-order chi connectivity index (χ1) is 7.22. The number of nitrogens with one attached hydrogen (secondary N) is 1. The number of hydrogen-bond acceptors (Lipinski definition) is 2. The first kappa shape index (κ1) is 12.1. The lowest BCUT2D eigenvalue weighted by atomic mass is 10.1. The van der Waals surface area contributed by atoms with Gasteiger partial charge in [0.2, 0.25) is 0 Å². The minimum absolute atomic E-state index is 0.938. The molecule has 0 atom stereocenters. The molecule has 1 N–H and O–H groups in total. The monoisotopic (exact) mass is 206 g/mol. The summed E-state index contributed by atoms with van der Waals surface area (Å²) in [6, 6.07) is 6.69. The van der Waals surface area contributed by atoms with Gasteiger partial charge in [-0.25, -0.2) is 0 Å². The van der Waals surface area contributed by atoms with Crippen LogP contribution in [-0.2, 0) is 6.54 Å². The van der Waals surface area contributed by atoms with E-state index in [0.29, 0.717) is 0 Å². The number of rotatable bonds is 5. The summed E-state index contributed by atoms with van der Waals surface area (Å²) < 4.78 is 0. The van der Waals surface area contributed by atoms with E-state index in [0.717, 1.165) is 19.6 Å². The number of benzene rings is 1. The molecule has 0 aliphatic carbocycles. The third-order valence-corrected chi connectivity index (χ3v) is 2.71. The molecule has 0 spiro atoms. The maximum atomic E-state index is 3.23. The third-order valence-electron chi connectivity index (χ3n) is 2.71. The van der Waals surface area contributed by atoms with Crippen LogP contribution in [0.15, 0.2) is 18.2 Å². The molecule has 0 aliphatic heterocycles. The van der Waals surface area contributed by atoms with Crippen molar-refractivity contribution in [2.24, 2.45) is 0 Å². The lowest BCUT2D eigenvalue weighted by Gasteiger charge is -2.24. The van der Waals surface area contributed by atoms with Crippen LogP contribution in [0, 0.1) is 6.92 Å². The Morgan fingerprint density at radius 2 is 1.87 bits per heavy atom. The first-order valence-corrected chi connectivity index (χ1v) is 5.72. The molecule has 0 unspecified atom stereocenters. The van der Waals surface area contributed by atoms with Crippen LogP contribution in [-0.4, -0.2) is 20.1 Å². The van der Waals surface area contributed by atoms with Crippen molar-refractivity contribution in [2.75, 3.05) is 25.0 Å². The predicted molar refractivity (Wildman–Crippen MR) is 67.5 cm³/mol. The average molecular weight is 206 g/mol. The molecule has 0 heterocycles. The molecule has 0 radical (unpaired) electrons. The van der Waals surface area contributed by atoms with E-state index in [1.54, 1.807) is 0 Å². The van der Waals surface area contributed by atoms with Crippen molar-refractivity contribution in [1.29, 1.82) is 0 Å². The van der Waals surface area contributed by atoms with Crippen LogP contribution in [0.5, 0.6) is 0 Å². The number of anilines is 1. The molecular formula is C13H22N2. The molecule has 0 saturated heterocycles. The van der Waals surface area contributed by atoms with Crippen molar-refractivity contribution in [1.82, 2.24) is 5.32 Å². The highest BCUT2D eigenvalue weighted by Crippen LogP contribution is 2.21. The van der Waals surface area contributed by atoms with E-state index in [2.05, 4.69) is 49.2 Å². The Hall–Kier alpha value is -1.02. The summed E-state index contributed by atoms with van der Waals surface area (Å²) in [5.74, 6) is 0. The van der Waals surface area contributed by atoms with Crippen molar-refractivity contribution in [3.8, 4) is 0 Å². The largest absolute Gasteiger partial charge is 0.372 e. The Balaban J connectivity index is 3.03. The van der Waals surface area contributed by atoms with Crippen LogP contribution in [0.3, 0.4) is 0 Å². The zero-order valence-electron chi connectivity index (χ0n) is 10.3. The molecule has 0 aliphatic rings. The summed E-state index contributed by atoms with van der Waals surface area (Å²) in [7, 11) is 1.99. The molecule has 1 aromatic carbocycles. The van der Waals surface area contributed by atoms with E-state index in [4.69, 9.17) is 0 Å². The number of hydrogen-bond donors (Lipinski definition) is 1. The maximum absolute atomic E-state index is 3.23. The number of aryl methyl sites for hydroxylation is 1. The van der Waals surface area contributed by atoms with Crippen LogP contribution in [0.4, 0.5) is 5.69 Å². The first-order valence-electron chi connectivity index (χ1n) is 5.72. The predicted octanol–water partition coefficient (Wildman–Crippen LogP) is 2.56. The quantitative estimate of drug-likeness (QED) is 0.796. The summed E-state index contributed by atoms with van der Waals surface area (Å²) in [4.78, 5) is 2.39. The van der Waals surface area contributed by atoms with Crippen LogP contribution in [0.2, 0.25) is 0 Å². The highest BCUT2D eigenvalue weighted by molar-refractivity contribution is 5.54. The standard InChI is InChI=1S/C13H22N2/c1-5-15(6-2)13-8-7-11(3)9-12(13)10-14-4/h7-9,14H,5-6,10H2,1-4H3. The smallest absolute Gasteiger partial charge is 0.0411 e. The topological polar surface area (TPSA) is 15.3 Å². The second-order valence-corrected chi connectivity index (χ2v) is 3.83. The van der Waals surface area contributed by atoms with Gasteiger partial charge in [-0.15, -0.1) is 0 Å². The molecule has 0 bridgehead atoms. The fourth-order valence-corrected chi connectivity index (χ4v) is 1.92. The van der Waals surface area contributed by atoms with E-state index in [-0.39, 0.29) is 0 Å². The second-order valence-electron chi connectivity index (χ2n) is 3.83. The van der Waals surface area contributed by atoms with Gasteiger partial charge < -0.3 is 10.2 Å². The van der Waals surface area contributed by atoms with E-state index in [1.165, 1.54) is 16.8 Å². The SMILES string of the molecule is CCN(CC)c1ccc(C)cc1CNC. The zero-order valence-corrected chi connectivity index (χ0v) is 10.3. The zero-order chi connectivity index (χ0) is 11.3. The Bertz CT molecular complexity index is 303. The normalized spacial score (nSPS) is 10.4. The van der Waals surface area contributed by atoms with Crippen molar-refractivity contribution < 1.29 is 0 Å². The van der Waals surface area contributed by atoms with Crippen molar-refractivity contribution in [3.63, 3.8) is 0 Å². The van der Waals surface area contributed by atoms with Gasteiger partial charge in [-0.1, -0.05) is 17.7 Å². The summed E-state index contributed by atoms with van der Waals surface area (Å²) in [5, 5.41) is 3.23. The molecule has 2 nitrogen and oxygen atoms in total. The molecule has 0 amide bonds. The van der Waals surface area contributed by atoms with Gasteiger partial charge in [0.05, 0.1) is 0 Å². The van der Waals surface area contributed by atoms with Crippen molar-refractivity contribution in [3.05, 3.63) is 29.3 Å². The van der Waals surface area contributed by atoms with Crippen molar-refractivity contribution >= 4 is 5.69 Å². The minimum Gasteiger partial charge on any atom is -0.372 e. The molecule has 2 heteroatoms. The fourth-order valence-electron chi connectivity index (χ4n) is 1.92. The molecule has 1 aromatic rings. The summed E-state index contributed by atoms with van der Waals surface area (Å²) >= 11 is 0. The van der Waals surface area contributed by atoms with Gasteiger partial charge in [0.1, 0.15) is 0 Å². The third kappa shape index (κ3) is 2.96. The fraction of sp³-hybridized carbons (Fsp3) is 0.538. The van der Waals surface area contributed by atoms with E-state index < -0.39 is 0 Å².